The van der Waals surface area contributed by atoms with Gasteiger partial charge in [0.1, 0.15) is 0 Å². The summed E-state index contributed by atoms with van der Waals surface area (Å²) in [6.45, 7) is 3.45. The largest absolute Gasteiger partial charge is 0.369 e. The molecule has 16 heavy (non-hydrogen) atoms. The van der Waals surface area contributed by atoms with E-state index in [1.165, 1.54) is 12.1 Å². The van der Waals surface area contributed by atoms with Crippen molar-refractivity contribution in [2.75, 3.05) is 31.1 Å². The van der Waals surface area contributed by atoms with Crippen LogP contribution in [-0.2, 0) is 0 Å². The molecule has 0 aromatic heterocycles. The summed E-state index contributed by atoms with van der Waals surface area (Å²) < 4.78 is 25.6. The first-order valence-electron chi connectivity index (χ1n) is 4.68. The number of nitrogens with one attached hydrogen (secondary N) is 1. The standard InChI is InChI=1S/C10H12F2N2.2ClH/c11-9-2-1-8(7-10(9)12)14-5-3-13-4-6-14;;/h1-2,7,13H,3-6H2;2*1H. The summed E-state index contributed by atoms with van der Waals surface area (Å²) in [7, 11) is 0. The first-order valence-corrected chi connectivity index (χ1v) is 4.68. The second-order valence-corrected chi connectivity index (χ2v) is 3.34. The average molecular weight is 271 g/mol. The van der Waals surface area contributed by atoms with E-state index in [1.54, 1.807) is 6.07 Å². The molecule has 1 aromatic carbocycles. The van der Waals surface area contributed by atoms with Crippen LogP contribution in [0.1, 0.15) is 0 Å². The van der Waals surface area contributed by atoms with Crippen LogP contribution in [0.25, 0.3) is 0 Å². The maximum atomic E-state index is 12.9. The molecule has 0 amide bonds. The minimum Gasteiger partial charge on any atom is -0.369 e. The van der Waals surface area contributed by atoms with Gasteiger partial charge in [0, 0.05) is 37.9 Å². The average Bonchev–Trinajstić information content (AvgIpc) is 2.23. The molecule has 0 aliphatic carbocycles. The summed E-state index contributed by atoms with van der Waals surface area (Å²) in [4.78, 5) is 2.04. The van der Waals surface area contributed by atoms with Crippen molar-refractivity contribution in [3.05, 3.63) is 29.8 Å². The molecule has 0 saturated carbocycles. The summed E-state index contributed by atoms with van der Waals surface area (Å²) in [5.74, 6) is -1.56. The van der Waals surface area contributed by atoms with E-state index in [4.69, 9.17) is 0 Å². The van der Waals surface area contributed by atoms with E-state index in [0.29, 0.717) is 0 Å². The summed E-state index contributed by atoms with van der Waals surface area (Å²) in [5.41, 5.74) is 0.755. The number of piperazine rings is 1. The molecular weight excluding hydrogens is 257 g/mol. The van der Waals surface area contributed by atoms with Crippen LogP contribution in [-0.4, -0.2) is 26.2 Å². The van der Waals surface area contributed by atoms with Crippen molar-refractivity contribution in [3.63, 3.8) is 0 Å². The van der Waals surface area contributed by atoms with Crippen LogP contribution in [0, 0.1) is 11.6 Å². The predicted molar refractivity (Wildman–Crippen MR) is 65.9 cm³/mol. The van der Waals surface area contributed by atoms with Crippen LogP contribution >= 0.6 is 24.8 Å². The molecule has 1 heterocycles. The number of hydrogen-bond acceptors (Lipinski definition) is 2. The zero-order chi connectivity index (χ0) is 9.97. The lowest BCUT2D eigenvalue weighted by molar-refractivity contribution is 0.507. The highest BCUT2D eigenvalue weighted by Gasteiger charge is 2.12. The fourth-order valence-electron chi connectivity index (χ4n) is 1.60. The van der Waals surface area contributed by atoms with Crippen molar-refractivity contribution in [2.45, 2.75) is 0 Å². The quantitative estimate of drug-likeness (QED) is 0.842. The second kappa shape index (κ2) is 6.89. The Morgan fingerprint density at radius 3 is 2.19 bits per heavy atom. The van der Waals surface area contributed by atoms with Gasteiger partial charge in [-0.1, -0.05) is 0 Å². The van der Waals surface area contributed by atoms with Crippen molar-refractivity contribution in [3.8, 4) is 0 Å². The molecule has 2 rings (SSSR count). The predicted octanol–water partition coefficient (Wildman–Crippen LogP) is 2.22. The lowest BCUT2D eigenvalue weighted by Gasteiger charge is -2.29. The third-order valence-electron chi connectivity index (χ3n) is 2.39. The number of hydrogen-bond donors (Lipinski definition) is 1. The molecule has 0 radical (unpaired) electrons. The molecular formula is C10H14Cl2F2N2. The van der Waals surface area contributed by atoms with Crippen LogP contribution in [0.4, 0.5) is 14.5 Å². The van der Waals surface area contributed by atoms with Crippen molar-refractivity contribution in [1.82, 2.24) is 5.32 Å². The van der Waals surface area contributed by atoms with Crippen molar-refractivity contribution in [1.29, 1.82) is 0 Å². The molecule has 1 N–H and O–H groups in total. The molecule has 6 heteroatoms. The zero-order valence-corrected chi connectivity index (χ0v) is 10.2. The van der Waals surface area contributed by atoms with Gasteiger partial charge in [-0.15, -0.1) is 24.8 Å². The van der Waals surface area contributed by atoms with Crippen molar-refractivity contribution < 1.29 is 8.78 Å². The van der Waals surface area contributed by atoms with Gasteiger partial charge in [0.15, 0.2) is 11.6 Å². The molecule has 0 bridgehead atoms. The van der Waals surface area contributed by atoms with E-state index in [9.17, 15) is 8.78 Å². The van der Waals surface area contributed by atoms with Crippen LogP contribution < -0.4 is 10.2 Å². The SMILES string of the molecule is Cl.Cl.Fc1ccc(N2CCNCC2)cc1F. The first-order chi connectivity index (χ1) is 6.77. The summed E-state index contributed by atoms with van der Waals surface area (Å²) in [5, 5.41) is 3.20. The molecule has 2 nitrogen and oxygen atoms in total. The first kappa shape index (κ1) is 15.4. The lowest BCUT2D eigenvalue weighted by Crippen LogP contribution is -2.43. The fraction of sp³-hybridized carbons (Fsp3) is 0.400. The number of rotatable bonds is 1. The smallest absolute Gasteiger partial charge is 0.160 e. The molecule has 1 aliphatic heterocycles. The van der Waals surface area contributed by atoms with Gasteiger partial charge in [0.2, 0.25) is 0 Å². The van der Waals surface area contributed by atoms with E-state index in [0.717, 1.165) is 31.9 Å². The van der Waals surface area contributed by atoms with Crippen LogP contribution in [0.5, 0.6) is 0 Å². The molecule has 0 spiro atoms. The van der Waals surface area contributed by atoms with E-state index in [2.05, 4.69) is 5.32 Å². The Labute approximate surface area is 106 Å². The van der Waals surface area contributed by atoms with Gasteiger partial charge in [-0.3, -0.25) is 0 Å². The highest BCUT2D eigenvalue weighted by atomic mass is 35.5. The molecule has 1 aliphatic rings. The Kier molecular flexibility index (Phi) is 6.64. The van der Waals surface area contributed by atoms with E-state index in [1.807, 2.05) is 4.90 Å². The third kappa shape index (κ3) is 3.47. The van der Waals surface area contributed by atoms with Gasteiger partial charge in [-0.05, 0) is 12.1 Å². The molecule has 1 saturated heterocycles. The van der Waals surface area contributed by atoms with Gasteiger partial charge in [-0.2, -0.15) is 0 Å². The number of halogens is 4. The zero-order valence-electron chi connectivity index (χ0n) is 8.58. The summed E-state index contributed by atoms with van der Waals surface area (Å²) in [6, 6.07) is 4.04. The molecule has 0 atom stereocenters. The van der Waals surface area contributed by atoms with E-state index >= 15 is 0 Å². The Bertz CT molecular complexity index is 331. The normalized spacial score (nSPS) is 15.0. The van der Waals surface area contributed by atoms with Gasteiger partial charge in [-0.25, -0.2) is 8.78 Å². The lowest BCUT2D eigenvalue weighted by atomic mass is 10.2. The number of benzene rings is 1. The highest BCUT2D eigenvalue weighted by Crippen LogP contribution is 2.17. The maximum absolute atomic E-state index is 12.9. The second-order valence-electron chi connectivity index (χ2n) is 3.34. The summed E-state index contributed by atoms with van der Waals surface area (Å²) >= 11 is 0. The molecule has 0 unspecified atom stereocenters. The van der Waals surface area contributed by atoms with Crippen LogP contribution in [0.2, 0.25) is 0 Å². The van der Waals surface area contributed by atoms with Gasteiger partial charge in [0.05, 0.1) is 0 Å². The highest BCUT2D eigenvalue weighted by molar-refractivity contribution is 5.85. The Balaban J connectivity index is 0.00000112. The minimum atomic E-state index is -0.788. The summed E-state index contributed by atoms with van der Waals surface area (Å²) in [6.07, 6.45) is 0. The van der Waals surface area contributed by atoms with Gasteiger partial charge < -0.3 is 10.2 Å². The topological polar surface area (TPSA) is 15.3 Å². The van der Waals surface area contributed by atoms with Crippen LogP contribution in [0.3, 0.4) is 0 Å². The third-order valence-corrected chi connectivity index (χ3v) is 2.39. The monoisotopic (exact) mass is 270 g/mol. The Morgan fingerprint density at radius 1 is 1.00 bits per heavy atom. The van der Waals surface area contributed by atoms with E-state index < -0.39 is 11.6 Å². The Hall–Kier alpha value is -0.580. The van der Waals surface area contributed by atoms with E-state index in [-0.39, 0.29) is 24.8 Å². The minimum absolute atomic E-state index is 0. The number of anilines is 1. The maximum Gasteiger partial charge on any atom is 0.160 e. The number of nitrogens with zero attached hydrogens (tertiary/aromatic N) is 1. The van der Waals surface area contributed by atoms with Gasteiger partial charge in [0.25, 0.3) is 0 Å². The van der Waals surface area contributed by atoms with Crippen molar-refractivity contribution >= 4 is 30.5 Å². The Morgan fingerprint density at radius 2 is 1.62 bits per heavy atom. The van der Waals surface area contributed by atoms with Crippen molar-refractivity contribution in [2.24, 2.45) is 0 Å². The molecule has 1 fully saturated rings. The molecule has 92 valence electrons. The van der Waals surface area contributed by atoms with Crippen LogP contribution in [0.15, 0.2) is 18.2 Å². The molecule has 1 aromatic rings. The van der Waals surface area contributed by atoms with Gasteiger partial charge >= 0.3 is 0 Å². The fourth-order valence-corrected chi connectivity index (χ4v) is 1.60.